The molecule has 1 aromatic heterocycles. The van der Waals surface area contributed by atoms with Crippen molar-refractivity contribution in [1.82, 2.24) is 19.3 Å². The van der Waals surface area contributed by atoms with Crippen LogP contribution < -0.4 is 10.2 Å². The highest BCUT2D eigenvalue weighted by molar-refractivity contribution is 6.00. The molecule has 3 aromatic carbocycles. The maximum atomic E-state index is 12.2. The first-order chi connectivity index (χ1) is 21.9. The number of likely N-dealkylation sites (N-methyl/N-ethyl adjacent to an activating group) is 2. The third-order valence-corrected chi connectivity index (χ3v) is 9.34. The molecule has 1 amide bonds. The Kier molecular flexibility index (Phi) is 9.50. The maximum Gasteiger partial charge on any atom is 0.247 e. The number of nitrogens with zero attached hydrogens (tertiary/aromatic N) is 5. The molecule has 2 aliphatic rings. The van der Waals surface area contributed by atoms with E-state index in [1.165, 1.54) is 34.1 Å². The lowest BCUT2D eigenvalue weighted by molar-refractivity contribution is -0.111. The standard InChI is InChI=1S/C38H46N6O/c1-5-37(45)39-36-26-33(11-6-29(36)2)35-16-17-44(28-31-9-7-30(8-10-31)27-42-22-18-40(3)19-23-42)38(35)32-12-14-34(15-13-32)43-24-20-41(4)21-25-43/h5-17,26H,1,18-25,27-28H2,2-4H3,(H,39,45). The number of carbonyl (C=O) groups is 1. The van der Waals surface area contributed by atoms with Crippen LogP contribution in [0.3, 0.4) is 0 Å². The molecular formula is C38H46N6O. The average Bonchev–Trinajstić information content (AvgIpc) is 3.47. The molecule has 0 unspecified atom stereocenters. The molecule has 45 heavy (non-hydrogen) atoms. The van der Waals surface area contributed by atoms with E-state index in [2.05, 4.69) is 129 Å². The highest BCUT2D eigenvalue weighted by Gasteiger charge is 2.18. The van der Waals surface area contributed by atoms with Gasteiger partial charge < -0.3 is 24.6 Å². The molecule has 0 saturated carbocycles. The number of piperazine rings is 2. The van der Waals surface area contributed by atoms with Crippen molar-refractivity contribution in [2.45, 2.75) is 20.0 Å². The summed E-state index contributed by atoms with van der Waals surface area (Å²) in [5.74, 6) is -0.205. The van der Waals surface area contributed by atoms with Gasteiger partial charge >= 0.3 is 0 Å². The van der Waals surface area contributed by atoms with Gasteiger partial charge in [0.05, 0.1) is 5.69 Å². The highest BCUT2D eigenvalue weighted by atomic mass is 16.1. The second-order valence-electron chi connectivity index (χ2n) is 12.7. The summed E-state index contributed by atoms with van der Waals surface area (Å²) in [6, 6.07) is 26.7. The molecule has 0 spiro atoms. The van der Waals surface area contributed by atoms with Gasteiger partial charge in [-0.1, -0.05) is 55.1 Å². The molecule has 4 aromatic rings. The highest BCUT2D eigenvalue weighted by Crippen LogP contribution is 2.36. The Labute approximate surface area is 268 Å². The number of aryl methyl sites for hydroxylation is 1. The van der Waals surface area contributed by atoms with Gasteiger partial charge in [0.1, 0.15) is 0 Å². The fourth-order valence-electron chi connectivity index (χ4n) is 6.37. The summed E-state index contributed by atoms with van der Waals surface area (Å²) in [5, 5.41) is 2.98. The SMILES string of the molecule is C=CC(=O)Nc1cc(-c2ccn(Cc3ccc(CN4CCN(C)CC4)cc3)c2-c2ccc(N3CCN(C)CC3)cc2)ccc1C. The first-order valence-corrected chi connectivity index (χ1v) is 16.1. The smallest absolute Gasteiger partial charge is 0.247 e. The minimum atomic E-state index is -0.205. The summed E-state index contributed by atoms with van der Waals surface area (Å²) in [6.45, 7) is 16.2. The van der Waals surface area contributed by atoms with Gasteiger partial charge in [0.15, 0.2) is 0 Å². The van der Waals surface area contributed by atoms with Gasteiger partial charge in [-0.15, -0.1) is 0 Å². The van der Waals surface area contributed by atoms with Gasteiger partial charge in [-0.2, -0.15) is 0 Å². The predicted octanol–water partition coefficient (Wildman–Crippen LogP) is 5.80. The molecular weight excluding hydrogens is 556 g/mol. The second kappa shape index (κ2) is 13.9. The number of rotatable bonds is 9. The van der Waals surface area contributed by atoms with Gasteiger partial charge in [0.25, 0.3) is 0 Å². The fourth-order valence-corrected chi connectivity index (χ4v) is 6.37. The van der Waals surface area contributed by atoms with Crippen molar-refractivity contribution in [3.05, 3.63) is 108 Å². The van der Waals surface area contributed by atoms with Gasteiger partial charge in [0.2, 0.25) is 5.91 Å². The molecule has 0 atom stereocenters. The van der Waals surface area contributed by atoms with E-state index in [0.717, 1.165) is 87.8 Å². The van der Waals surface area contributed by atoms with Gasteiger partial charge in [0, 0.05) is 88.6 Å². The molecule has 2 fully saturated rings. The number of nitrogens with one attached hydrogen (secondary N) is 1. The van der Waals surface area contributed by atoms with Crippen LogP contribution in [-0.2, 0) is 17.9 Å². The van der Waals surface area contributed by atoms with E-state index < -0.39 is 0 Å². The number of carbonyl (C=O) groups excluding carboxylic acids is 1. The van der Waals surface area contributed by atoms with Crippen LogP contribution in [0.15, 0.2) is 91.6 Å². The van der Waals surface area contributed by atoms with Crippen molar-refractivity contribution >= 4 is 17.3 Å². The Morgan fingerprint density at radius 3 is 2.00 bits per heavy atom. The molecule has 2 aliphatic heterocycles. The van der Waals surface area contributed by atoms with Gasteiger partial charge in [-0.25, -0.2) is 0 Å². The molecule has 0 radical (unpaired) electrons. The summed E-state index contributed by atoms with van der Waals surface area (Å²) in [7, 11) is 4.39. The molecule has 7 nitrogen and oxygen atoms in total. The molecule has 3 heterocycles. The molecule has 6 rings (SSSR count). The summed E-state index contributed by atoms with van der Waals surface area (Å²) in [5.41, 5.74) is 10.3. The van der Waals surface area contributed by atoms with Crippen LogP contribution in [0.2, 0.25) is 0 Å². The van der Waals surface area contributed by atoms with Crippen LogP contribution in [0.5, 0.6) is 0 Å². The monoisotopic (exact) mass is 602 g/mol. The van der Waals surface area contributed by atoms with Crippen LogP contribution in [0.25, 0.3) is 22.4 Å². The van der Waals surface area contributed by atoms with Crippen molar-refractivity contribution in [3.63, 3.8) is 0 Å². The minimum absolute atomic E-state index is 0.205. The van der Waals surface area contributed by atoms with Crippen molar-refractivity contribution in [3.8, 4) is 22.4 Å². The van der Waals surface area contributed by atoms with Gasteiger partial charge in [-0.05, 0) is 79.2 Å². The maximum absolute atomic E-state index is 12.2. The Morgan fingerprint density at radius 1 is 0.756 bits per heavy atom. The van der Waals surface area contributed by atoms with E-state index in [0.29, 0.717) is 0 Å². The third kappa shape index (κ3) is 7.39. The summed E-state index contributed by atoms with van der Waals surface area (Å²) >= 11 is 0. The number of benzene rings is 3. The summed E-state index contributed by atoms with van der Waals surface area (Å²) < 4.78 is 2.36. The Hall–Kier alpha value is -4.17. The van der Waals surface area contributed by atoms with E-state index in [1.807, 2.05) is 6.92 Å². The van der Waals surface area contributed by atoms with Gasteiger partial charge in [-0.3, -0.25) is 9.69 Å². The van der Waals surface area contributed by atoms with Crippen LogP contribution in [0.4, 0.5) is 11.4 Å². The fraction of sp³-hybridized carbons (Fsp3) is 0.342. The number of hydrogen-bond donors (Lipinski definition) is 1. The Bertz CT molecular complexity index is 1610. The molecule has 1 N–H and O–H groups in total. The zero-order chi connectivity index (χ0) is 31.3. The molecule has 0 bridgehead atoms. The molecule has 2 saturated heterocycles. The van der Waals surface area contributed by atoms with Crippen LogP contribution in [0, 0.1) is 6.92 Å². The van der Waals surface area contributed by atoms with E-state index >= 15 is 0 Å². The Morgan fingerprint density at radius 2 is 1.36 bits per heavy atom. The number of amides is 1. The van der Waals surface area contributed by atoms with E-state index in [4.69, 9.17) is 0 Å². The molecule has 234 valence electrons. The average molecular weight is 603 g/mol. The largest absolute Gasteiger partial charge is 0.369 e. The van der Waals surface area contributed by atoms with Crippen LogP contribution >= 0.6 is 0 Å². The van der Waals surface area contributed by atoms with Crippen molar-refractivity contribution in [2.24, 2.45) is 0 Å². The lowest BCUT2D eigenvalue weighted by Crippen LogP contribution is -2.44. The lowest BCUT2D eigenvalue weighted by atomic mass is 9.99. The topological polar surface area (TPSA) is 47.0 Å². The molecule has 7 heteroatoms. The predicted molar refractivity (Wildman–Crippen MR) is 187 cm³/mol. The van der Waals surface area contributed by atoms with Crippen molar-refractivity contribution < 1.29 is 4.79 Å². The lowest BCUT2D eigenvalue weighted by Gasteiger charge is -2.34. The van der Waals surface area contributed by atoms with Crippen molar-refractivity contribution in [1.29, 1.82) is 0 Å². The number of hydrogen-bond acceptors (Lipinski definition) is 5. The first-order valence-electron chi connectivity index (χ1n) is 16.1. The molecule has 0 aliphatic carbocycles. The van der Waals surface area contributed by atoms with Crippen LogP contribution in [-0.4, -0.2) is 91.6 Å². The normalized spacial score (nSPS) is 16.6. The zero-order valence-electron chi connectivity index (χ0n) is 27.0. The number of anilines is 2. The quantitative estimate of drug-likeness (QED) is 0.246. The second-order valence-corrected chi connectivity index (χ2v) is 12.7. The first kappa shape index (κ1) is 30.8. The zero-order valence-corrected chi connectivity index (χ0v) is 27.0. The Balaban J connectivity index is 1.29. The van der Waals surface area contributed by atoms with E-state index in [-0.39, 0.29) is 5.91 Å². The third-order valence-electron chi connectivity index (χ3n) is 9.34. The summed E-state index contributed by atoms with van der Waals surface area (Å²) in [6.07, 6.45) is 3.51. The number of aromatic nitrogens is 1. The summed E-state index contributed by atoms with van der Waals surface area (Å²) in [4.78, 5) is 22.0. The van der Waals surface area contributed by atoms with E-state index in [1.54, 1.807) is 0 Å². The minimum Gasteiger partial charge on any atom is -0.369 e. The van der Waals surface area contributed by atoms with E-state index in [9.17, 15) is 4.79 Å². The van der Waals surface area contributed by atoms with Crippen molar-refractivity contribution in [2.75, 3.05) is 76.7 Å². The van der Waals surface area contributed by atoms with Crippen LogP contribution in [0.1, 0.15) is 16.7 Å².